The van der Waals surface area contributed by atoms with Crippen molar-refractivity contribution in [1.82, 2.24) is 10.2 Å². The maximum absolute atomic E-state index is 12.9. The molecule has 2 fully saturated rings. The summed E-state index contributed by atoms with van der Waals surface area (Å²) in [5.74, 6) is -0.514. The van der Waals surface area contributed by atoms with E-state index in [0.717, 1.165) is 31.5 Å². The highest BCUT2D eigenvalue weighted by atomic mass is 19.1. The van der Waals surface area contributed by atoms with Gasteiger partial charge in [0.25, 0.3) is 5.91 Å². The van der Waals surface area contributed by atoms with Gasteiger partial charge in [-0.3, -0.25) is 4.79 Å². The number of amides is 3. The number of hydrogen-bond donors (Lipinski definition) is 2. The van der Waals surface area contributed by atoms with Gasteiger partial charge in [0, 0.05) is 30.9 Å². The average Bonchev–Trinajstić information content (AvgIpc) is 3.53. The summed E-state index contributed by atoms with van der Waals surface area (Å²) >= 11 is 0. The highest BCUT2D eigenvalue weighted by Gasteiger charge is 2.43. The number of likely N-dealkylation sites (tertiary alicyclic amines) is 1. The van der Waals surface area contributed by atoms with E-state index >= 15 is 0 Å². The van der Waals surface area contributed by atoms with Crippen LogP contribution in [0.25, 0.3) is 0 Å². The van der Waals surface area contributed by atoms with Crippen LogP contribution in [0.3, 0.4) is 0 Å². The van der Waals surface area contributed by atoms with Crippen LogP contribution in [0.2, 0.25) is 0 Å². The fraction of sp³-hybridized carbons (Fsp3) is 0.391. The van der Waals surface area contributed by atoms with Gasteiger partial charge in [0.1, 0.15) is 5.82 Å². The van der Waals surface area contributed by atoms with E-state index in [1.165, 1.54) is 31.4 Å². The second-order valence-corrected chi connectivity index (χ2v) is 8.16. The predicted molar refractivity (Wildman–Crippen MR) is 110 cm³/mol. The summed E-state index contributed by atoms with van der Waals surface area (Å²) in [6, 6.07) is 12.8. The molecule has 1 saturated carbocycles. The monoisotopic (exact) mass is 395 g/mol. The molecule has 1 aliphatic heterocycles. The van der Waals surface area contributed by atoms with Crippen LogP contribution in [-0.4, -0.2) is 29.9 Å². The van der Waals surface area contributed by atoms with Crippen LogP contribution in [0.4, 0.5) is 14.9 Å². The Hall–Kier alpha value is -2.89. The van der Waals surface area contributed by atoms with Crippen molar-refractivity contribution in [3.63, 3.8) is 0 Å². The van der Waals surface area contributed by atoms with E-state index in [-0.39, 0.29) is 17.8 Å². The van der Waals surface area contributed by atoms with Crippen LogP contribution < -0.4 is 10.6 Å². The third kappa shape index (κ3) is 4.94. The number of hydrogen-bond acceptors (Lipinski definition) is 2. The summed E-state index contributed by atoms with van der Waals surface area (Å²) in [4.78, 5) is 26.8. The van der Waals surface area contributed by atoms with Crippen LogP contribution in [0, 0.1) is 11.2 Å². The number of benzene rings is 2. The molecule has 0 unspecified atom stereocenters. The van der Waals surface area contributed by atoms with Crippen molar-refractivity contribution in [3.8, 4) is 0 Å². The van der Waals surface area contributed by atoms with Gasteiger partial charge in [-0.25, -0.2) is 9.18 Å². The number of nitrogens with zero attached hydrogens (tertiary/aromatic N) is 1. The SMILES string of the molecule is O=C(NCc1ccc(F)cc1)c1ccc(NC(=O)N2CCCC3(CC2)CC3)cc1. The maximum Gasteiger partial charge on any atom is 0.321 e. The molecule has 2 aromatic carbocycles. The molecular formula is C23H26FN3O2. The van der Waals surface area contributed by atoms with Gasteiger partial charge in [-0.1, -0.05) is 12.1 Å². The molecule has 5 nitrogen and oxygen atoms in total. The van der Waals surface area contributed by atoms with Crippen molar-refractivity contribution in [2.75, 3.05) is 18.4 Å². The molecule has 2 aliphatic rings. The topological polar surface area (TPSA) is 61.4 Å². The molecule has 2 N–H and O–H groups in total. The van der Waals surface area contributed by atoms with Crippen LogP contribution in [0.1, 0.15) is 48.0 Å². The molecule has 1 aliphatic carbocycles. The summed E-state index contributed by atoms with van der Waals surface area (Å²) in [6.45, 7) is 1.95. The van der Waals surface area contributed by atoms with Crippen LogP contribution in [0.5, 0.6) is 0 Å². The highest BCUT2D eigenvalue weighted by Crippen LogP contribution is 2.53. The second-order valence-electron chi connectivity index (χ2n) is 8.16. The van der Waals surface area contributed by atoms with E-state index < -0.39 is 0 Å². The first-order chi connectivity index (χ1) is 14.0. The summed E-state index contributed by atoms with van der Waals surface area (Å²) < 4.78 is 12.9. The summed E-state index contributed by atoms with van der Waals surface area (Å²) in [7, 11) is 0. The van der Waals surface area contributed by atoms with Gasteiger partial charge in [-0.05, 0) is 79.5 Å². The first-order valence-electron chi connectivity index (χ1n) is 10.2. The van der Waals surface area contributed by atoms with Crippen molar-refractivity contribution in [2.24, 2.45) is 5.41 Å². The Bertz CT molecular complexity index is 876. The molecule has 1 spiro atoms. The molecule has 4 rings (SSSR count). The van der Waals surface area contributed by atoms with Crippen molar-refractivity contribution >= 4 is 17.6 Å². The van der Waals surface area contributed by atoms with Crippen molar-refractivity contribution in [2.45, 2.75) is 38.6 Å². The van der Waals surface area contributed by atoms with E-state index in [2.05, 4.69) is 10.6 Å². The van der Waals surface area contributed by atoms with E-state index in [9.17, 15) is 14.0 Å². The Labute approximate surface area is 170 Å². The largest absolute Gasteiger partial charge is 0.348 e. The molecular weight excluding hydrogens is 369 g/mol. The maximum atomic E-state index is 12.9. The van der Waals surface area contributed by atoms with Crippen molar-refractivity contribution in [1.29, 1.82) is 0 Å². The first kappa shape index (κ1) is 19.4. The predicted octanol–water partition coefficient (Wildman–Crippen LogP) is 4.55. The van der Waals surface area contributed by atoms with Gasteiger partial charge in [-0.15, -0.1) is 0 Å². The van der Waals surface area contributed by atoms with E-state index in [0.29, 0.717) is 23.2 Å². The summed E-state index contributed by atoms with van der Waals surface area (Å²) in [5.41, 5.74) is 2.54. The third-order valence-electron chi connectivity index (χ3n) is 6.06. The number of anilines is 1. The lowest BCUT2D eigenvalue weighted by Gasteiger charge is -2.21. The lowest BCUT2D eigenvalue weighted by atomic mass is 9.98. The molecule has 152 valence electrons. The van der Waals surface area contributed by atoms with Gasteiger partial charge in [0.05, 0.1) is 0 Å². The highest BCUT2D eigenvalue weighted by molar-refractivity contribution is 5.95. The van der Waals surface area contributed by atoms with E-state index in [1.807, 2.05) is 4.90 Å². The number of rotatable bonds is 4. The standard InChI is InChI=1S/C23H26FN3O2/c24-19-6-2-17(3-7-19)16-25-21(28)18-4-8-20(9-5-18)26-22(29)27-14-1-10-23(11-12-23)13-15-27/h2-9H,1,10-16H2,(H,25,28)(H,26,29). The van der Waals surface area contributed by atoms with Gasteiger partial charge in [0.2, 0.25) is 0 Å². The molecule has 6 heteroatoms. The zero-order valence-corrected chi connectivity index (χ0v) is 16.4. The lowest BCUT2D eigenvalue weighted by Crippen LogP contribution is -2.35. The quantitative estimate of drug-likeness (QED) is 0.798. The molecule has 0 atom stereocenters. The molecule has 1 saturated heterocycles. The summed E-state index contributed by atoms with van der Waals surface area (Å²) in [6.07, 6.45) is 6.03. The zero-order valence-electron chi connectivity index (χ0n) is 16.4. The summed E-state index contributed by atoms with van der Waals surface area (Å²) in [5, 5.41) is 5.75. The molecule has 0 aromatic heterocycles. The Balaban J connectivity index is 1.28. The van der Waals surface area contributed by atoms with E-state index in [4.69, 9.17) is 0 Å². The van der Waals surface area contributed by atoms with Crippen LogP contribution in [0.15, 0.2) is 48.5 Å². The minimum Gasteiger partial charge on any atom is -0.348 e. The van der Waals surface area contributed by atoms with Gasteiger partial charge in [0.15, 0.2) is 0 Å². The number of nitrogens with one attached hydrogen (secondary N) is 2. The first-order valence-corrected chi connectivity index (χ1v) is 10.2. The number of carbonyl (C=O) groups is 2. The number of urea groups is 1. The Morgan fingerprint density at radius 3 is 2.34 bits per heavy atom. The third-order valence-corrected chi connectivity index (χ3v) is 6.06. The molecule has 1 heterocycles. The normalized spacial score (nSPS) is 17.5. The molecule has 0 radical (unpaired) electrons. The fourth-order valence-corrected chi connectivity index (χ4v) is 3.93. The molecule has 2 aromatic rings. The van der Waals surface area contributed by atoms with Crippen molar-refractivity contribution in [3.05, 3.63) is 65.5 Å². The second kappa shape index (κ2) is 8.23. The fourth-order valence-electron chi connectivity index (χ4n) is 3.93. The number of halogens is 1. The number of carbonyl (C=O) groups excluding carboxylic acids is 2. The van der Waals surface area contributed by atoms with E-state index in [1.54, 1.807) is 36.4 Å². The average molecular weight is 395 g/mol. The molecule has 0 bridgehead atoms. The van der Waals surface area contributed by atoms with Gasteiger partial charge >= 0.3 is 6.03 Å². The molecule has 3 amide bonds. The van der Waals surface area contributed by atoms with Crippen LogP contribution in [-0.2, 0) is 6.54 Å². The van der Waals surface area contributed by atoms with Gasteiger partial charge < -0.3 is 15.5 Å². The zero-order chi connectivity index (χ0) is 20.3. The minimum absolute atomic E-state index is 0.0730. The lowest BCUT2D eigenvalue weighted by molar-refractivity contribution is 0.0951. The molecule has 29 heavy (non-hydrogen) atoms. The van der Waals surface area contributed by atoms with Crippen molar-refractivity contribution < 1.29 is 14.0 Å². The van der Waals surface area contributed by atoms with Crippen LogP contribution >= 0.6 is 0 Å². The van der Waals surface area contributed by atoms with Gasteiger partial charge in [-0.2, -0.15) is 0 Å². The Kier molecular flexibility index (Phi) is 5.51. The minimum atomic E-state index is -0.301. The smallest absolute Gasteiger partial charge is 0.321 e. The Morgan fingerprint density at radius 1 is 0.931 bits per heavy atom. The Morgan fingerprint density at radius 2 is 1.66 bits per heavy atom.